The van der Waals surface area contributed by atoms with Gasteiger partial charge < -0.3 is 10.1 Å². The Morgan fingerprint density at radius 2 is 1.74 bits per heavy atom. The largest absolute Gasteiger partial charge is 0.452 e. The highest BCUT2D eigenvalue weighted by molar-refractivity contribution is 8.00. The summed E-state index contributed by atoms with van der Waals surface area (Å²) in [5.41, 5.74) is -4.70. The van der Waals surface area contributed by atoms with E-state index in [2.05, 4.69) is 5.32 Å². The summed E-state index contributed by atoms with van der Waals surface area (Å²) in [6.07, 6.45) is 0.713. The van der Waals surface area contributed by atoms with Crippen LogP contribution in [0, 0.1) is 0 Å². The molecule has 0 aliphatic carbocycles. The first-order chi connectivity index (χ1) is 10.5. The molecule has 128 valence electrons. The number of nitrogens with one attached hydrogen (secondary N) is 1. The number of amides is 1. The number of thioether (sulfide) groups is 1. The van der Waals surface area contributed by atoms with E-state index < -0.39 is 29.5 Å². The van der Waals surface area contributed by atoms with E-state index in [-0.39, 0.29) is 22.2 Å². The predicted molar refractivity (Wildman–Crippen MR) is 81.1 cm³/mol. The second-order valence-corrected chi connectivity index (χ2v) is 6.57. The van der Waals surface area contributed by atoms with Crippen molar-refractivity contribution in [1.29, 1.82) is 0 Å². The van der Waals surface area contributed by atoms with Gasteiger partial charge in [0.2, 0.25) is 0 Å². The molecule has 0 unspecified atom stereocenters. The average Bonchev–Trinajstić information content (AvgIpc) is 2.43. The molecule has 1 aromatic rings. The van der Waals surface area contributed by atoms with Gasteiger partial charge in [-0.3, -0.25) is 4.79 Å². The number of alkyl halides is 3. The summed E-state index contributed by atoms with van der Waals surface area (Å²) in [5, 5.41) is 2.70. The van der Waals surface area contributed by atoms with Crippen molar-refractivity contribution in [3.63, 3.8) is 0 Å². The van der Waals surface area contributed by atoms with Crippen molar-refractivity contribution >= 4 is 23.6 Å². The molecule has 0 radical (unpaired) electrons. The van der Waals surface area contributed by atoms with Gasteiger partial charge in [-0.2, -0.15) is 13.2 Å². The maximum Gasteiger partial charge on any atom is 0.446 e. The van der Waals surface area contributed by atoms with Gasteiger partial charge in [-0.1, -0.05) is 6.92 Å². The van der Waals surface area contributed by atoms with E-state index in [1.807, 2.05) is 20.8 Å². The summed E-state index contributed by atoms with van der Waals surface area (Å²) < 4.78 is 41.4. The Morgan fingerprint density at radius 1 is 1.17 bits per heavy atom. The minimum Gasteiger partial charge on any atom is -0.452 e. The SMILES string of the molecule is CCC(C)(C)NC(=O)COC(=O)c1ccc(SC(F)(F)F)cc1. The second kappa shape index (κ2) is 7.72. The van der Waals surface area contributed by atoms with E-state index in [1.54, 1.807) is 0 Å². The third-order valence-electron chi connectivity index (χ3n) is 3.02. The minimum absolute atomic E-state index is 0.0310. The highest BCUT2D eigenvalue weighted by Gasteiger charge is 2.29. The first-order valence-corrected chi connectivity index (χ1v) is 7.68. The van der Waals surface area contributed by atoms with Gasteiger partial charge in [0.05, 0.1) is 5.56 Å². The molecule has 1 aromatic carbocycles. The van der Waals surface area contributed by atoms with Gasteiger partial charge in [0.25, 0.3) is 5.91 Å². The lowest BCUT2D eigenvalue weighted by molar-refractivity contribution is -0.125. The van der Waals surface area contributed by atoms with E-state index in [0.29, 0.717) is 6.42 Å². The molecule has 0 spiro atoms. The fourth-order valence-electron chi connectivity index (χ4n) is 1.51. The highest BCUT2D eigenvalue weighted by atomic mass is 32.2. The van der Waals surface area contributed by atoms with E-state index in [4.69, 9.17) is 4.74 Å². The number of ether oxygens (including phenoxy) is 1. The molecule has 8 heteroatoms. The van der Waals surface area contributed by atoms with Crippen LogP contribution in [0.5, 0.6) is 0 Å². The maximum absolute atomic E-state index is 12.2. The topological polar surface area (TPSA) is 55.4 Å². The molecule has 0 saturated heterocycles. The zero-order valence-electron chi connectivity index (χ0n) is 13.0. The predicted octanol–water partition coefficient (Wildman–Crippen LogP) is 3.76. The van der Waals surface area contributed by atoms with Crippen LogP contribution in [-0.4, -0.2) is 29.5 Å². The quantitative estimate of drug-likeness (QED) is 0.628. The number of esters is 1. The molecule has 0 fully saturated rings. The molecule has 4 nitrogen and oxygen atoms in total. The van der Waals surface area contributed by atoms with Gasteiger partial charge in [-0.15, -0.1) is 0 Å². The molecule has 0 bridgehead atoms. The molecule has 0 aromatic heterocycles. The van der Waals surface area contributed by atoms with Crippen LogP contribution in [0.3, 0.4) is 0 Å². The zero-order valence-corrected chi connectivity index (χ0v) is 13.8. The zero-order chi connectivity index (χ0) is 17.7. The number of hydrogen-bond acceptors (Lipinski definition) is 4. The molecule has 1 N–H and O–H groups in total. The van der Waals surface area contributed by atoms with Crippen LogP contribution in [0.1, 0.15) is 37.6 Å². The molecule has 0 heterocycles. The number of benzene rings is 1. The molecule has 0 saturated carbocycles. The number of halogens is 3. The minimum atomic E-state index is -4.38. The molecule has 0 atom stereocenters. The Labute approximate surface area is 136 Å². The van der Waals surface area contributed by atoms with Crippen LogP contribution in [0.15, 0.2) is 29.2 Å². The first-order valence-electron chi connectivity index (χ1n) is 6.86. The summed E-state index contributed by atoms with van der Waals surface area (Å²) in [5.74, 6) is -1.20. The monoisotopic (exact) mass is 349 g/mol. The fourth-order valence-corrected chi connectivity index (χ4v) is 2.05. The average molecular weight is 349 g/mol. The normalized spacial score (nSPS) is 11.9. The number of carbonyl (C=O) groups excluding carboxylic acids is 2. The van der Waals surface area contributed by atoms with E-state index >= 15 is 0 Å². The van der Waals surface area contributed by atoms with Crippen LogP contribution < -0.4 is 5.32 Å². The van der Waals surface area contributed by atoms with E-state index in [1.165, 1.54) is 24.3 Å². The number of rotatable bonds is 6. The van der Waals surface area contributed by atoms with Crippen LogP contribution >= 0.6 is 11.8 Å². The van der Waals surface area contributed by atoms with Crippen molar-refractivity contribution in [2.24, 2.45) is 0 Å². The Morgan fingerprint density at radius 3 is 2.22 bits per heavy atom. The van der Waals surface area contributed by atoms with Crippen molar-refractivity contribution in [1.82, 2.24) is 5.32 Å². The molecule has 23 heavy (non-hydrogen) atoms. The third-order valence-corrected chi connectivity index (χ3v) is 3.76. The van der Waals surface area contributed by atoms with Gasteiger partial charge in [-0.05, 0) is 56.3 Å². The van der Waals surface area contributed by atoms with Gasteiger partial charge in [0.15, 0.2) is 6.61 Å². The fraction of sp³-hybridized carbons (Fsp3) is 0.467. The van der Waals surface area contributed by atoms with Crippen LogP contribution in [0.2, 0.25) is 0 Å². The maximum atomic E-state index is 12.2. The first kappa shape index (κ1) is 19.3. The lowest BCUT2D eigenvalue weighted by Gasteiger charge is -2.24. The lowest BCUT2D eigenvalue weighted by atomic mass is 10.0. The Bertz CT molecular complexity index is 556. The van der Waals surface area contributed by atoms with Crippen molar-refractivity contribution in [3.8, 4) is 0 Å². The number of carbonyl (C=O) groups is 2. The second-order valence-electron chi connectivity index (χ2n) is 5.43. The summed E-state index contributed by atoms with van der Waals surface area (Å²) >= 11 is -0.268. The van der Waals surface area contributed by atoms with Crippen molar-refractivity contribution in [2.75, 3.05) is 6.61 Å². The smallest absolute Gasteiger partial charge is 0.446 e. The van der Waals surface area contributed by atoms with Crippen LogP contribution in [-0.2, 0) is 9.53 Å². The van der Waals surface area contributed by atoms with Gasteiger partial charge >= 0.3 is 11.5 Å². The molecule has 1 amide bonds. The molecule has 0 aliphatic rings. The van der Waals surface area contributed by atoms with Crippen molar-refractivity contribution in [2.45, 2.75) is 43.1 Å². The van der Waals surface area contributed by atoms with Crippen molar-refractivity contribution in [3.05, 3.63) is 29.8 Å². The van der Waals surface area contributed by atoms with Gasteiger partial charge in [0, 0.05) is 10.4 Å². The summed E-state index contributed by atoms with van der Waals surface area (Å²) in [6, 6.07) is 4.80. The van der Waals surface area contributed by atoms with Gasteiger partial charge in [0.1, 0.15) is 0 Å². The summed E-state index contributed by atoms with van der Waals surface area (Å²) in [7, 11) is 0. The summed E-state index contributed by atoms with van der Waals surface area (Å²) in [4.78, 5) is 23.4. The third kappa shape index (κ3) is 7.40. The van der Waals surface area contributed by atoms with Crippen LogP contribution in [0.4, 0.5) is 13.2 Å². The summed E-state index contributed by atoms with van der Waals surface area (Å²) in [6.45, 7) is 5.14. The Balaban J connectivity index is 2.54. The Hall–Kier alpha value is -1.70. The molecular weight excluding hydrogens is 331 g/mol. The van der Waals surface area contributed by atoms with Crippen molar-refractivity contribution < 1.29 is 27.5 Å². The molecule has 0 aliphatic heterocycles. The van der Waals surface area contributed by atoms with E-state index in [9.17, 15) is 22.8 Å². The number of hydrogen-bond donors (Lipinski definition) is 1. The Kier molecular flexibility index (Phi) is 6.49. The highest BCUT2D eigenvalue weighted by Crippen LogP contribution is 2.36. The molecular formula is C15H18F3NO3S. The standard InChI is InChI=1S/C15H18F3NO3S/c1-4-14(2,3)19-12(20)9-22-13(21)10-5-7-11(8-6-10)23-15(16,17)18/h5-8H,4,9H2,1-3H3,(H,19,20). The lowest BCUT2D eigenvalue weighted by Crippen LogP contribution is -2.44. The van der Waals surface area contributed by atoms with Crippen LogP contribution in [0.25, 0.3) is 0 Å². The molecule has 1 rings (SSSR count). The van der Waals surface area contributed by atoms with Gasteiger partial charge in [-0.25, -0.2) is 4.79 Å². The van der Waals surface area contributed by atoms with E-state index in [0.717, 1.165) is 0 Å².